The highest BCUT2D eigenvalue weighted by Crippen LogP contribution is 2.26. The second-order valence-electron chi connectivity index (χ2n) is 5.05. The lowest BCUT2D eigenvalue weighted by molar-refractivity contribution is 0.0956. The van der Waals surface area contributed by atoms with E-state index in [0.29, 0.717) is 11.5 Å². The molecule has 0 aliphatic rings. The lowest BCUT2D eigenvalue weighted by Crippen LogP contribution is -2.30. The molecular formula is C15H19N3O2S. The van der Waals surface area contributed by atoms with E-state index in [1.54, 1.807) is 0 Å². The molecule has 5 nitrogen and oxygen atoms in total. The summed E-state index contributed by atoms with van der Waals surface area (Å²) >= 11 is 1.31. The molecule has 0 saturated heterocycles. The Bertz CT molecular complexity index is 620. The number of nitrogens with one attached hydrogen (secondary N) is 1. The molecule has 112 valence electrons. The fourth-order valence-electron chi connectivity index (χ4n) is 1.84. The number of thiazole rings is 1. The Morgan fingerprint density at radius 2 is 2.05 bits per heavy atom. The maximum absolute atomic E-state index is 11.8. The van der Waals surface area contributed by atoms with Crippen LogP contribution in [-0.4, -0.2) is 10.9 Å². The van der Waals surface area contributed by atoms with Gasteiger partial charge in [-0.2, -0.15) is 0 Å². The van der Waals surface area contributed by atoms with Crippen LogP contribution in [0.5, 0.6) is 5.75 Å². The third-order valence-corrected chi connectivity index (χ3v) is 4.01. The van der Waals surface area contributed by atoms with Gasteiger partial charge in [0.15, 0.2) is 0 Å². The Hall–Kier alpha value is -1.92. The zero-order chi connectivity index (χ0) is 15.4. The van der Waals surface area contributed by atoms with Gasteiger partial charge in [0.05, 0.1) is 5.69 Å². The van der Waals surface area contributed by atoms with E-state index in [-0.39, 0.29) is 11.8 Å². The molecule has 0 radical (unpaired) electrons. The number of ether oxygens (including phenoxy) is 1. The predicted octanol–water partition coefficient (Wildman–Crippen LogP) is 2.76. The molecule has 1 heterocycles. The van der Waals surface area contributed by atoms with Crippen molar-refractivity contribution in [2.75, 3.05) is 0 Å². The molecule has 2 rings (SSSR count). The molecule has 1 amide bonds. The minimum Gasteiger partial charge on any atom is -0.486 e. The molecule has 1 aromatic heterocycles. The maximum Gasteiger partial charge on any atom is 0.277 e. The van der Waals surface area contributed by atoms with Crippen molar-refractivity contribution in [3.63, 3.8) is 0 Å². The van der Waals surface area contributed by atoms with E-state index in [0.717, 1.165) is 16.5 Å². The van der Waals surface area contributed by atoms with E-state index in [9.17, 15) is 4.79 Å². The summed E-state index contributed by atoms with van der Waals surface area (Å²) in [5.41, 5.74) is 4.10. The molecule has 3 N–H and O–H groups in total. The van der Waals surface area contributed by atoms with E-state index in [1.807, 2.05) is 45.0 Å². The minimum absolute atomic E-state index is 0.154. The largest absolute Gasteiger partial charge is 0.486 e. The maximum atomic E-state index is 11.8. The highest BCUT2D eigenvalue weighted by Gasteiger charge is 2.19. The number of hydrazine groups is 1. The van der Waals surface area contributed by atoms with Crippen LogP contribution in [0.1, 0.15) is 45.7 Å². The van der Waals surface area contributed by atoms with Gasteiger partial charge in [-0.15, -0.1) is 11.3 Å². The van der Waals surface area contributed by atoms with Crippen molar-refractivity contribution in [3.8, 4) is 5.75 Å². The molecule has 1 aromatic carbocycles. The zero-order valence-corrected chi connectivity index (χ0v) is 13.2. The molecule has 2 aromatic rings. The summed E-state index contributed by atoms with van der Waals surface area (Å²) in [6, 6.07) is 7.81. The summed E-state index contributed by atoms with van der Waals surface area (Å²) in [6.45, 7) is 6.35. The smallest absolute Gasteiger partial charge is 0.277 e. The number of nitrogen functional groups attached to an aromatic ring is 1. The van der Waals surface area contributed by atoms with Gasteiger partial charge in [0.1, 0.15) is 22.2 Å². The van der Waals surface area contributed by atoms with Crippen LogP contribution < -0.4 is 16.0 Å². The van der Waals surface area contributed by atoms with E-state index in [4.69, 9.17) is 10.6 Å². The Balaban J connectivity index is 2.13. The molecule has 0 bridgehead atoms. The van der Waals surface area contributed by atoms with Crippen molar-refractivity contribution in [1.82, 2.24) is 10.4 Å². The van der Waals surface area contributed by atoms with Crippen LogP contribution in [0.25, 0.3) is 0 Å². The van der Waals surface area contributed by atoms with Crippen LogP contribution in [-0.2, 0) is 6.61 Å². The Morgan fingerprint density at radius 3 is 2.62 bits per heavy atom. The van der Waals surface area contributed by atoms with Gasteiger partial charge < -0.3 is 4.74 Å². The van der Waals surface area contributed by atoms with Crippen LogP contribution in [0.2, 0.25) is 0 Å². The normalized spacial score (nSPS) is 10.7. The number of benzene rings is 1. The highest BCUT2D eigenvalue weighted by molar-refractivity contribution is 7.13. The fourth-order valence-corrected chi connectivity index (χ4v) is 2.87. The van der Waals surface area contributed by atoms with E-state index in [2.05, 4.69) is 10.4 Å². The highest BCUT2D eigenvalue weighted by atomic mass is 32.1. The van der Waals surface area contributed by atoms with Gasteiger partial charge in [-0.25, -0.2) is 10.8 Å². The van der Waals surface area contributed by atoms with Gasteiger partial charge in [0.25, 0.3) is 5.91 Å². The molecule has 6 heteroatoms. The molecule has 0 atom stereocenters. The number of aryl methyl sites for hydroxylation is 1. The molecule has 0 aliphatic carbocycles. The lowest BCUT2D eigenvalue weighted by Gasteiger charge is -2.04. The molecule has 0 aliphatic heterocycles. The van der Waals surface area contributed by atoms with Crippen molar-refractivity contribution in [1.29, 1.82) is 0 Å². The van der Waals surface area contributed by atoms with Gasteiger partial charge >= 0.3 is 0 Å². The Morgan fingerprint density at radius 1 is 1.38 bits per heavy atom. The van der Waals surface area contributed by atoms with E-state index in [1.165, 1.54) is 16.9 Å². The Labute approximate surface area is 128 Å². The first-order valence-electron chi connectivity index (χ1n) is 6.71. The van der Waals surface area contributed by atoms with Crippen molar-refractivity contribution >= 4 is 17.2 Å². The monoisotopic (exact) mass is 305 g/mol. The number of hydrogen-bond acceptors (Lipinski definition) is 5. The van der Waals surface area contributed by atoms with Crippen LogP contribution >= 0.6 is 11.3 Å². The summed E-state index contributed by atoms with van der Waals surface area (Å²) in [6.07, 6.45) is 0. The molecular weight excluding hydrogens is 286 g/mol. The van der Waals surface area contributed by atoms with Crippen molar-refractivity contribution in [2.45, 2.75) is 33.3 Å². The van der Waals surface area contributed by atoms with Crippen molar-refractivity contribution in [2.24, 2.45) is 5.84 Å². The third-order valence-electron chi connectivity index (χ3n) is 2.97. The number of nitrogens with two attached hydrogens (primary N) is 1. The SMILES string of the molecule is Cc1ccc(OCc2nc(C(C)C)c(C(=O)NN)s2)cc1. The number of nitrogens with zero attached hydrogens (tertiary/aromatic N) is 1. The van der Waals surface area contributed by atoms with Crippen LogP contribution in [0.15, 0.2) is 24.3 Å². The average molecular weight is 305 g/mol. The summed E-state index contributed by atoms with van der Waals surface area (Å²) in [5.74, 6) is 5.84. The van der Waals surface area contributed by atoms with Crippen molar-refractivity contribution in [3.05, 3.63) is 45.4 Å². The number of rotatable bonds is 5. The number of carbonyl (C=O) groups excluding carboxylic acids is 1. The summed E-state index contributed by atoms with van der Waals surface area (Å²) in [5, 5.41) is 0.762. The van der Waals surface area contributed by atoms with E-state index >= 15 is 0 Å². The first kappa shape index (κ1) is 15.5. The van der Waals surface area contributed by atoms with Gasteiger partial charge in [-0.05, 0) is 25.0 Å². The number of hydrogen-bond donors (Lipinski definition) is 2. The third kappa shape index (κ3) is 3.80. The van der Waals surface area contributed by atoms with Crippen LogP contribution in [0, 0.1) is 6.92 Å². The van der Waals surface area contributed by atoms with Crippen LogP contribution in [0.4, 0.5) is 0 Å². The molecule has 21 heavy (non-hydrogen) atoms. The first-order chi connectivity index (χ1) is 10.0. The summed E-state index contributed by atoms with van der Waals surface area (Å²) < 4.78 is 5.69. The second kappa shape index (κ2) is 6.69. The van der Waals surface area contributed by atoms with Gasteiger partial charge in [0, 0.05) is 0 Å². The Kier molecular flexibility index (Phi) is 4.93. The van der Waals surface area contributed by atoms with Crippen molar-refractivity contribution < 1.29 is 9.53 Å². The fraction of sp³-hybridized carbons (Fsp3) is 0.333. The average Bonchev–Trinajstić information content (AvgIpc) is 2.90. The summed E-state index contributed by atoms with van der Waals surface area (Å²) in [7, 11) is 0. The number of amides is 1. The molecule has 0 fully saturated rings. The van der Waals surface area contributed by atoms with Gasteiger partial charge in [-0.3, -0.25) is 10.2 Å². The molecule has 0 spiro atoms. The van der Waals surface area contributed by atoms with Gasteiger partial charge in [-0.1, -0.05) is 31.5 Å². The second-order valence-corrected chi connectivity index (χ2v) is 6.14. The number of carbonyl (C=O) groups is 1. The molecule has 0 unspecified atom stereocenters. The first-order valence-corrected chi connectivity index (χ1v) is 7.53. The number of aromatic nitrogens is 1. The predicted molar refractivity (Wildman–Crippen MR) is 83.4 cm³/mol. The van der Waals surface area contributed by atoms with Crippen LogP contribution in [0.3, 0.4) is 0 Å². The molecule has 0 saturated carbocycles. The topological polar surface area (TPSA) is 77.2 Å². The van der Waals surface area contributed by atoms with E-state index < -0.39 is 0 Å². The lowest BCUT2D eigenvalue weighted by atomic mass is 10.1. The minimum atomic E-state index is -0.308. The quantitative estimate of drug-likeness (QED) is 0.506. The summed E-state index contributed by atoms with van der Waals surface area (Å²) in [4.78, 5) is 16.8. The standard InChI is InChI=1S/C15H19N3O2S/c1-9(2)13-14(15(19)18-16)21-12(17-13)8-20-11-6-4-10(3)5-7-11/h4-7,9H,8,16H2,1-3H3,(H,18,19). The van der Waals surface area contributed by atoms with Gasteiger partial charge in [0.2, 0.25) is 0 Å². The zero-order valence-electron chi connectivity index (χ0n) is 12.3.